The van der Waals surface area contributed by atoms with Gasteiger partial charge in [-0.15, -0.1) is 11.3 Å². The van der Waals surface area contributed by atoms with Crippen LogP contribution in [0.5, 0.6) is 0 Å². The van der Waals surface area contributed by atoms with Crippen molar-refractivity contribution >= 4 is 28.1 Å². The Labute approximate surface area is 116 Å². The number of benzene rings is 1. The van der Waals surface area contributed by atoms with Crippen LogP contribution in [-0.2, 0) is 0 Å². The van der Waals surface area contributed by atoms with Crippen LogP contribution in [0.2, 0.25) is 5.02 Å². The fourth-order valence-electron chi connectivity index (χ4n) is 1.78. The van der Waals surface area contributed by atoms with Gasteiger partial charge in [0.25, 0.3) is 0 Å². The molecule has 0 bridgehead atoms. The SMILES string of the molecule is CN(C)C(CNc1nccs1)c1ccc(Cl)cc1. The predicted octanol–water partition coefficient (Wildman–Crippen LogP) is 3.51. The van der Waals surface area contributed by atoms with Crippen molar-refractivity contribution < 1.29 is 0 Å². The van der Waals surface area contributed by atoms with E-state index in [9.17, 15) is 0 Å². The largest absolute Gasteiger partial charge is 0.360 e. The lowest BCUT2D eigenvalue weighted by Gasteiger charge is -2.25. The lowest BCUT2D eigenvalue weighted by molar-refractivity contribution is 0.312. The highest BCUT2D eigenvalue weighted by molar-refractivity contribution is 7.13. The summed E-state index contributed by atoms with van der Waals surface area (Å²) in [6.07, 6.45) is 1.81. The minimum atomic E-state index is 0.297. The van der Waals surface area contributed by atoms with Crippen molar-refractivity contribution in [2.24, 2.45) is 0 Å². The van der Waals surface area contributed by atoms with Gasteiger partial charge in [-0.3, -0.25) is 0 Å². The zero-order valence-electron chi connectivity index (χ0n) is 10.4. The standard InChI is InChI=1S/C13H16ClN3S/c1-17(2)12(9-16-13-15-7-8-18-13)10-3-5-11(14)6-4-10/h3-8,12H,9H2,1-2H3,(H,15,16). The molecule has 1 unspecified atom stereocenters. The summed E-state index contributed by atoms with van der Waals surface area (Å²) in [6.45, 7) is 0.822. The normalized spacial score (nSPS) is 12.7. The van der Waals surface area contributed by atoms with E-state index in [1.165, 1.54) is 5.56 Å². The van der Waals surface area contributed by atoms with E-state index in [-0.39, 0.29) is 0 Å². The van der Waals surface area contributed by atoms with Gasteiger partial charge in [-0.25, -0.2) is 4.98 Å². The number of nitrogens with one attached hydrogen (secondary N) is 1. The van der Waals surface area contributed by atoms with Crippen LogP contribution in [0.1, 0.15) is 11.6 Å². The second kappa shape index (κ2) is 6.18. The molecule has 0 saturated heterocycles. The number of nitrogens with zero attached hydrogens (tertiary/aromatic N) is 2. The predicted molar refractivity (Wildman–Crippen MR) is 78.5 cm³/mol. The molecule has 1 N–H and O–H groups in total. The topological polar surface area (TPSA) is 28.2 Å². The summed E-state index contributed by atoms with van der Waals surface area (Å²) in [5.41, 5.74) is 1.24. The third-order valence-corrected chi connectivity index (χ3v) is 3.74. The Hall–Kier alpha value is -1.10. The van der Waals surface area contributed by atoms with E-state index < -0.39 is 0 Å². The lowest BCUT2D eigenvalue weighted by Crippen LogP contribution is -2.26. The summed E-state index contributed by atoms with van der Waals surface area (Å²) in [4.78, 5) is 6.41. The molecule has 0 spiro atoms. The highest BCUT2D eigenvalue weighted by Gasteiger charge is 2.14. The van der Waals surface area contributed by atoms with E-state index in [1.54, 1.807) is 17.5 Å². The van der Waals surface area contributed by atoms with Crippen LogP contribution < -0.4 is 5.32 Å². The fourth-order valence-corrected chi connectivity index (χ4v) is 2.44. The zero-order valence-corrected chi connectivity index (χ0v) is 12.0. The second-order valence-corrected chi connectivity index (χ2v) is 5.58. The lowest BCUT2D eigenvalue weighted by atomic mass is 10.1. The first-order chi connectivity index (χ1) is 8.66. The summed E-state index contributed by atoms with van der Waals surface area (Å²) in [7, 11) is 4.14. The summed E-state index contributed by atoms with van der Waals surface area (Å²) in [6, 6.07) is 8.28. The third-order valence-electron chi connectivity index (χ3n) is 2.76. The van der Waals surface area contributed by atoms with E-state index >= 15 is 0 Å². The number of halogens is 1. The van der Waals surface area contributed by atoms with Gasteiger partial charge in [0.15, 0.2) is 5.13 Å². The van der Waals surface area contributed by atoms with Crippen LogP contribution in [0.15, 0.2) is 35.8 Å². The Kier molecular flexibility index (Phi) is 4.58. The first-order valence-electron chi connectivity index (χ1n) is 5.72. The quantitative estimate of drug-likeness (QED) is 0.909. The van der Waals surface area contributed by atoms with Crippen molar-refractivity contribution in [3.8, 4) is 0 Å². The Morgan fingerprint density at radius 3 is 2.61 bits per heavy atom. The van der Waals surface area contributed by atoms with Gasteiger partial charge in [-0.05, 0) is 31.8 Å². The van der Waals surface area contributed by atoms with E-state index in [1.807, 2.05) is 17.5 Å². The van der Waals surface area contributed by atoms with Gasteiger partial charge in [-0.2, -0.15) is 0 Å². The minimum absolute atomic E-state index is 0.297. The molecule has 0 aliphatic carbocycles. The molecule has 18 heavy (non-hydrogen) atoms. The van der Waals surface area contributed by atoms with Crippen molar-refractivity contribution in [2.45, 2.75) is 6.04 Å². The molecule has 96 valence electrons. The maximum absolute atomic E-state index is 5.92. The van der Waals surface area contributed by atoms with Gasteiger partial charge in [0.05, 0.1) is 6.04 Å². The first kappa shape index (κ1) is 13.3. The van der Waals surface area contributed by atoms with Crippen LogP contribution in [-0.4, -0.2) is 30.5 Å². The monoisotopic (exact) mass is 281 g/mol. The van der Waals surface area contributed by atoms with E-state index in [4.69, 9.17) is 11.6 Å². The molecule has 2 aromatic rings. The maximum Gasteiger partial charge on any atom is 0.182 e. The molecular weight excluding hydrogens is 266 g/mol. The van der Waals surface area contributed by atoms with Crippen LogP contribution in [0, 0.1) is 0 Å². The molecule has 1 aromatic carbocycles. The number of anilines is 1. The van der Waals surface area contributed by atoms with Gasteiger partial charge in [0, 0.05) is 23.1 Å². The van der Waals surface area contributed by atoms with E-state index in [0.29, 0.717) is 6.04 Å². The Morgan fingerprint density at radius 2 is 2.06 bits per heavy atom. The highest BCUT2D eigenvalue weighted by Crippen LogP contribution is 2.21. The van der Waals surface area contributed by atoms with Crippen LogP contribution >= 0.6 is 22.9 Å². The second-order valence-electron chi connectivity index (χ2n) is 4.25. The van der Waals surface area contributed by atoms with Crippen molar-refractivity contribution in [3.63, 3.8) is 0 Å². The molecule has 1 atom stereocenters. The average Bonchev–Trinajstić information content (AvgIpc) is 2.84. The molecule has 0 fully saturated rings. The number of aromatic nitrogens is 1. The third kappa shape index (κ3) is 3.45. The number of likely N-dealkylation sites (N-methyl/N-ethyl adjacent to an activating group) is 1. The fraction of sp³-hybridized carbons (Fsp3) is 0.308. The number of hydrogen-bond acceptors (Lipinski definition) is 4. The van der Waals surface area contributed by atoms with Crippen LogP contribution in [0.3, 0.4) is 0 Å². The molecule has 1 aromatic heterocycles. The van der Waals surface area contributed by atoms with Gasteiger partial charge in [-0.1, -0.05) is 23.7 Å². The summed E-state index contributed by atoms with van der Waals surface area (Å²) in [5, 5.41) is 7.04. The summed E-state index contributed by atoms with van der Waals surface area (Å²) >= 11 is 7.53. The summed E-state index contributed by atoms with van der Waals surface area (Å²) in [5.74, 6) is 0. The highest BCUT2D eigenvalue weighted by atomic mass is 35.5. The molecule has 0 amide bonds. The van der Waals surface area contributed by atoms with Gasteiger partial charge < -0.3 is 10.2 Å². The van der Waals surface area contributed by atoms with Crippen molar-refractivity contribution in [3.05, 3.63) is 46.4 Å². The Morgan fingerprint density at radius 1 is 1.33 bits per heavy atom. The first-order valence-corrected chi connectivity index (χ1v) is 6.98. The van der Waals surface area contributed by atoms with E-state index in [0.717, 1.165) is 16.7 Å². The number of hydrogen-bond donors (Lipinski definition) is 1. The molecule has 2 rings (SSSR count). The Bertz CT molecular complexity index is 467. The molecule has 5 heteroatoms. The smallest absolute Gasteiger partial charge is 0.182 e. The Balaban J connectivity index is 2.06. The number of thiazole rings is 1. The zero-order chi connectivity index (χ0) is 13.0. The van der Waals surface area contributed by atoms with Gasteiger partial charge >= 0.3 is 0 Å². The average molecular weight is 282 g/mol. The molecular formula is C13H16ClN3S. The van der Waals surface area contributed by atoms with Gasteiger partial charge in [0.1, 0.15) is 0 Å². The molecule has 0 radical (unpaired) electrons. The van der Waals surface area contributed by atoms with Crippen molar-refractivity contribution in [1.29, 1.82) is 0 Å². The van der Waals surface area contributed by atoms with Crippen LogP contribution in [0.25, 0.3) is 0 Å². The van der Waals surface area contributed by atoms with E-state index in [2.05, 4.69) is 41.4 Å². The van der Waals surface area contributed by atoms with Crippen molar-refractivity contribution in [1.82, 2.24) is 9.88 Å². The van der Waals surface area contributed by atoms with Gasteiger partial charge in [0.2, 0.25) is 0 Å². The molecule has 3 nitrogen and oxygen atoms in total. The number of rotatable bonds is 5. The maximum atomic E-state index is 5.92. The summed E-state index contributed by atoms with van der Waals surface area (Å²) < 4.78 is 0. The van der Waals surface area contributed by atoms with Crippen LogP contribution in [0.4, 0.5) is 5.13 Å². The molecule has 0 aliphatic heterocycles. The van der Waals surface area contributed by atoms with Crippen molar-refractivity contribution in [2.75, 3.05) is 26.0 Å². The molecule has 1 heterocycles. The molecule has 0 saturated carbocycles. The minimum Gasteiger partial charge on any atom is -0.360 e. The molecule has 0 aliphatic rings.